The van der Waals surface area contributed by atoms with Crippen molar-refractivity contribution < 1.29 is 0 Å². The van der Waals surface area contributed by atoms with Crippen molar-refractivity contribution in [3.63, 3.8) is 0 Å². The molecule has 0 radical (unpaired) electrons. The van der Waals surface area contributed by atoms with Gasteiger partial charge in [-0.05, 0) is 12.1 Å². The average Bonchev–Trinajstić information content (AvgIpc) is 2.08. The molecule has 0 saturated carbocycles. The molecule has 66 valence electrons. The Morgan fingerprint density at radius 1 is 1.00 bits per heavy atom. The lowest BCUT2D eigenvalue weighted by Crippen LogP contribution is -2.29. The van der Waals surface area contributed by atoms with Crippen LogP contribution in [-0.2, 0) is 0 Å². The van der Waals surface area contributed by atoms with Crippen LogP contribution in [0.5, 0.6) is 0 Å². The number of H-pyrrole nitrogens is 3. The monoisotopic (exact) mass is 195 g/mol. The molecule has 0 saturated heterocycles. The second-order valence-electron chi connectivity index (χ2n) is 2.52. The number of hydrogen-bond donors (Lipinski definition) is 3. The molecule has 0 atom stereocenters. The van der Waals surface area contributed by atoms with Crippen LogP contribution in [0.15, 0.2) is 21.7 Å². The van der Waals surface area contributed by atoms with Crippen molar-refractivity contribution in [3.05, 3.63) is 37.5 Å². The maximum Gasteiger partial charge on any atom is 0.315 e. The number of fused-ring (bicyclic) bond motifs is 1. The highest BCUT2D eigenvalue weighted by atomic mass is 32.1. The Hall–Kier alpha value is -1.69. The van der Waals surface area contributed by atoms with Crippen molar-refractivity contribution in [2.75, 3.05) is 0 Å². The standard InChI is InChI=1S/C7H5N3O2S/c11-6-7(12)10-5-3(8-6)1-2-4(13)9-5/h1-2H,(H,8,11)(H2,9,10,12,13). The Bertz CT molecular complexity index is 622. The summed E-state index contributed by atoms with van der Waals surface area (Å²) in [6.45, 7) is 0. The lowest BCUT2D eigenvalue weighted by molar-refractivity contribution is 1.11. The number of hydrogen-bond acceptors (Lipinski definition) is 3. The maximum atomic E-state index is 10.9. The van der Waals surface area contributed by atoms with E-state index in [2.05, 4.69) is 15.0 Å². The lowest BCUT2D eigenvalue weighted by atomic mass is 10.4. The zero-order valence-corrected chi connectivity index (χ0v) is 7.20. The minimum atomic E-state index is -0.690. The van der Waals surface area contributed by atoms with Crippen LogP contribution in [0.3, 0.4) is 0 Å². The molecule has 0 aliphatic heterocycles. The fourth-order valence-electron chi connectivity index (χ4n) is 1.03. The molecule has 13 heavy (non-hydrogen) atoms. The van der Waals surface area contributed by atoms with Gasteiger partial charge in [0.05, 0.1) is 5.52 Å². The molecular weight excluding hydrogens is 190 g/mol. The first kappa shape index (κ1) is 7.93. The Labute approximate surface area is 76.5 Å². The van der Waals surface area contributed by atoms with Gasteiger partial charge in [0.25, 0.3) is 0 Å². The van der Waals surface area contributed by atoms with Crippen LogP contribution in [0.25, 0.3) is 11.2 Å². The first-order valence-corrected chi connectivity index (χ1v) is 3.93. The van der Waals surface area contributed by atoms with E-state index in [4.69, 9.17) is 12.2 Å². The van der Waals surface area contributed by atoms with E-state index in [1.807, 2.05) is 0 Å². The number of aromatic amines is 3. The first-order valence-electron chi connectivity index (χ1n) is 3.52. The van der Waals surface area contributed by atoms with Gasteiger partial charge < -0.3 is 15.0 Å². The Kier molecular flexibility index (Phi) is 1.63. The molecule has 0 aliphatic rings. The summed E-state index contributed by atoms with van der Waals surface area (Å²) in [5, 5.41) is 0. The van der Waals surface area contributed by atoms with Crippen molar-refractivity contribution >= 4 is 23.4 Å². The van der Waals surface area contributed by atoms with Crippen molar-refractivity contribution in [1.82, 2.24) is 15.0 Å². The predicted molar refractivity (Wildman–Crippen MR) is 50.4 cm³/mol. The molecule has 0 unspecified atom stereocenters. The second-order valence-corrected chi connectivity index (χ2v) is 2.96. The van der Waals surface area contributed by atoms with Crippen LogP contribution in [0.1, 0.15) is 0 Å². The van der Waals surface area contributed by atoms with E-state index in [1.165, 1.54) is 0 Å². The van der Waals surface area contributed by atoms with Crippen LogP contribution in [-0.4, -0.2) is 15.0 Å². The molecule has 2 aromatic heterocycles. The normalized spacial score (nSPS) is 10.5. The summed E-state index contributed by atoms with van der Waals surface area (Å²) in [7, 11) is 0. The fourth-order valence-corrected chi connectivity index (χ4v) is 1.20. The summed E-state index contributed by atoms with van der Waals surface area (Å²) < 4.78 is 0.496. The summed E-state index contributed by atoms with van der Waals surface area (Å²) in [6, 6.07) is 3.26. The molecule has 0 spiro atoms. The van der Waals surface area contributed by atoms with Gasteiger partial charge in [-0.2, -0.15) is 0 Å². The minimum absolute atomic E-state index is 0.428. The highest BCUT2D eigenvalue weighted by Crippen LogP contribution is 1.99. The lowest BCUT2D eigenvalue weighted by Gasteiger charge is -1.94. The van der Waals surface area contributed by atoms with Crippen LogP contribution in [0.4, 0.5) is 0 Å². The third-order valence-corrected chi connectivity index (χ3v) is 1.85. The van der Waals surface area contributed by atoms with Gasteiger partial charge in [0.1, 0.15) is 10.3 Å². The predicted octanol–water partition coefficient (Wildman–Crippen LogP) is 0.274. The molecule has 6 heteroatoms. The molecule has 2 heterocycles. The molecule has 0 aliphatic carbocycles. The first-order chi connectivity index (χ1) is 6.16. The van der Waals surface area contributed by atoms with E-state index in [1.54, 1.807) is 12.1 Å². The van der Waals surface area contributed by atoms with Crippen LogP contribution < -0.4 is 11.1 Å². The van der Waals surface area contributed by atoms with Crippen LogP contribution >= 0.6 is 12.2 Å². The maximum absolute atomic E-state index is 10.9. The highest BCUT2D eigenvalue weighted by Gasteiger charge is 1.97. The fraction of sp³-hybridized carbons (Fsp3) is 0. The second kappa shape index (κ2) is 2.67. The van der Waals surface area contributed by atoms with Gasteiger partial charge >= 0.3 is 11.1 Å². The van der Waals surface area contributed by atoms with Crippen LogP contribution in [0.2, 0.25) is 0 Å². The van der Waals surface area contributed by atoms with Crippen molar-refractivity contribution in [3.8, 4) is 0 Å². The van der Waals surface area contributed by atoms with Crippen molar-refractivity contribution in [2.24, 2.45) is 0 Å². The summed E-state index contributed by atoms with van der Waals surface area (Å²) in [5.41, 5.74) is -0.405. The van der Waals surface area contributed by atoms with Gasteiger partial charge in [0, 0.05) is 0 Å². The molecule has 0 bridgehead atoms. The quantitative estimate of drug-likeness (QED) is 0.417. The summed E-state index contributed by atoms with van der Waals surface area (Å²) in [5.74, 6) is 0. The van der Waals surface area contributed by atoms with E-state index in [9.17, 15) is 9.59 Å². The average molecular weight is 195 g/mol. The van der Waals surface area contributed by atoms with Gasteiger partial charge in [0.2, 0.25) is 0 Å². The third kappa shape index (κ3) is 1.31. The molecule has 0 aromatic carbocycles. The molecular formula is C7H5N3O2S. The Morgan fingerprint density at radius 3 is 2.46 bits per heavy atom. The number of aromatic nitrogens is 3. The topological polar surface area (TPSA) is 81.5 Å². The van der Waals surface area contributed by atoms with Gasteiger partial charge in [0.15, 0.2) is 0 Å². The number of nitrogens with one attached hydrogen (secondary N) is 3. The SMILES string of the molecule is O=c1[nH]c2ccc(=S)[nH]c2[nH]c1=O. The highest BCUT2D eigenvalue weighted by molar-refractivity contribution is 7.71. The summed E-state index contributed by atoms with van der Waals surface area (Å²) in [4.78, 5) is 29.3. The zero-order valence-electron chi connectivity index (χ0n) is 6.38. The minimum Gasteiger partial charge on any atom is -0.331 e. The van der Waals surface area contributed by atoms with Gasteiger partial charge in [-0.1, -0.05) is 12.2 Å². The molecule has 3 N–H and O–H groups in total. The summed E-state index contributed by atoms with van der Waals surface area (Å²) in [6.07, 6.45) is 0. The Balaban J connectivity index is 3.06. The van der Waals surface area contributed by atoms with Crippen molar-refractivity contribution in [1.29, 1.82) is 0 Å². The van der Waals surface area contributed by atoms with E-state index in [0.29, 0.717) is 15.8 Å². The van der Waals surface area contributed by atoms with Gasteiger partial charge in [-0.15, -0.1) is 0 Å². The molecule has 0 amide bonds. The molecule has 2 rings (SSSR count). The zero-order chi connectivity index (χ0) is 9.42. The Morgan fingerprint density at radius 2 is 1.69 bits per heavy atom. The largest absolute Gasteiger partial charge is 0.331 e. The van der Waals surface area contributed by atoms with Gasteiger partial charge in [-0.25, -0.2) is 0 Å². The van der Waals surface area contributed by atoms with Crippen molar-refractivity contribution in [2.45, 2.75) is 0 Å². The van der Waals surface area contributed by atoms with E-state index in [0.717, 1.165) is 0 Å². The van der Waals surface area contributed by atoms with E-state index >= 15 is 0 Å². The smallest absolute Gasteiger partial charge is 0.315 e. The number of pyridine rings is 1. The summed E-state index contributed by atoms with van der Waals surface area (Å²) >= 11 is 4.85. The molecule has 5 nitrogen and oxygen atoms in total. The number of rotatable bonds is 0. The molecule has 0 fully saturated rings. The van der Waals surface area contributed by atoms with E-state index in [-0.39, 0.29) is 0 Å². The van der Waals surface area contributed by atoms with Gasteiger partial charge in [-0.3, -0.25) is 9.59 Å². The molecule has 2 aromatic rings. The third-order valence-electron chi connectivity index (χ3n) is 1.61. The van der Waals surface area contributed by atoms with E-state index < -0.39 is 11.1 Å². The van der Waals surface area contributed by atoms with Crippen LogP contribution in [0, 0.1) is 4.64 Å².